The molecule has 0 aliphatic rings. The Bertz CT molecular complexity index is 407. The maximum atomic E-state index is 11.1. The molecule has 3 amide bonds. The minimum atomic E-state index is -0.862. The Hall–Kier alpha value is -1.92. The molecule has 6 heteroatoms. The molecule has 0 bridgehead atoms. The molecule has 0 aliphatic carbocycles. The third kappa shape index (κ3) is 5.10. The zero-order chi connectivity index (χ0) is 12.7. The smallest absolute Gasteiger partial charge is 0.318 e. The molecular weight excluding hydrogens is 222 g/mol. The lowest BCUT2D eigenvalue weighted by atomic mass is 10.1. The molecular formula is C11H15N3O3. The summed E-state index contributed by atoms with van der Waals surface area (Å²) in [6, 6.07) is 6.48. The van der Waals surface area contributed by atoms with Crippen LogP contribution < -0.4 is 16.4 Å². The Morgan fingerprint density at radius 2 is 2.00 bits per heavy atom. The summed E-state index contributed by atoms with van der Waals surface area (Å²) < 4.78 is 0. The van der Waals surface area contributed by atoms with Gasteiger partial charge in [-0.05, 0) is 11.1 Å². The second-order valence-corrected chi connectivity index (χ2v) is 3.49. The fraction of sp³-hybridized carbons (Fsp3) is 0.273. The number of aliphatic hydroxyl groups is 1. The summed E-state index contributed by atoms with van der Waals surface area (Å²) >= 11 is 0. The molecule has 0 radical (unpaired) electrons. The van der Waals surface area contributed by atoms with Crippen molar-refractivity contribution in [3.05, 3.63) is 35.4 Å². The van der Waals surface area contributed by atoms with E-state index in [1.807, 2.05) is 29.6 Å². The Morgan fingerprint density at radius 3 is 2.65 bits per heavy atom. The van der Waals surface area contributed by atoms with E-state index >= 15 is 0 Å². The van der Waals surface area contributed by atoms with Crippen LogP contribution in [0.1, 0.15) is 11.1 Å². The van der Waals surface area contributed by atoms with Gasteiger partial charge in [0, 0.05) is 6.54 Å². The van der Waals surface area contributed by atoms with Crippen molar-refractivity contribution in [3.63, 3.8) is 0 Å². The number of carbonyl (C=O) groups is 2. The summed E-state index contributed by atoms with van der Waals surface area (Å²) in [6.45, 7) is 0.461. The molecule has 1 rings (SSSR count). The minimum absolute atomic E-state index is 0.00624. The highest BCUT2D eigenvalue weighted by Crippen LogP contribution is 2.04. The fourth-order valence-corrected chi connectivity index (χ4v) is 1.34. The van der Waals surface area contributed by atoms with Gasteiger partial charge in [-0.3, -0.25) is 10.1 Å². The van der Waals surface area contributed by atoms with Gasteiger partial charge in [-0.2, -0.15) is 0 Å². The monoisotopic (exact) mass is 237 g/mol. The van der Waals surface area contributed by atoms with Crippen molar-refractivity contribution in [3.8, 4) is 0 Å². The van der Waals surface area contributed by atoms with Crippen LogP contribution >= 0.6 is 0 Å². The van der Waals surface area contributed by atoms with Crippen molar-refractivity contribution >= 4 is 11.9 Å². The van der Waals surface area contributed by atoms with Gasteiger partial charge in [0.15, 0.2) is 0 Å². The third-order valence-electron chi connectivity index (χ3n) is 2.05. The number of aliphatic hydroxyl groups excluding tert-OH is 1. The van der Waals surface area contributed by atoms with Gasteiger partial charge in [-0.25, -0.2) is 4.79 Å². The molecule has 0 saturated heterocycles. The second kappa shape index (κ2) is 6.62. The van der Waals surface area contributed by atoms with Crippen LogP contribution in [-0.2, 0) is 17.9 Å². The van der Waals surface area contributed by atoms with Crippen LogP contribution in [0.15, 0.2) is 24.3 Å². The summed E-state index contributed by atoms with van der Waals surface area (Å²) in [7, 11) is 0. The van der Waals surface area contributed by atoms with E-state index in [-0.39, 0.29) is 13.2 Å². The number of primary amides is 1. The van der Waals surface area contributed by atoms with E-state index in [0.29, 0.717) is 6.54 Å². The molecule has 0 atom stereocenters. The van der Waals surface area contributed by atoms with Crippen molar-refractivity contribution in [1.29, 1.82) is 0 Å². The Balaban J connectivity index is 2.35. The molecule has 6 nitrogen and oxygen atoms in total. The predicted molar refractivity (Wildman–Crippen MR) is 61.8 cm³/mol. The number of imide groups is 1. The van der Waals surface area contributed by atoms with Crippen molar-refractivity contribution in [1.82, 2.24) is 10.6 Å². The number of carbonyl (C=O) groups excluding carboxylic acids is 2. The number of hydrogen-bond donors (Lipinski definition) is 4. The molecule has 0 saturated carbocycles. The average molecular weight is 237 g/mol. The molecule has 0 heterocycles. The number of nitrogens with two attached hydrogens (primary N) is 1. The lowest BCUT2D eigenvalue weighted by Crippen LogP contribution is -2.40. The highest BCUT2D eigenvalue weighted by Gasteiger charge is 2.03. The number of hydrogen-bond acceptors (Lipinski definition) is 4. The number of urea groups is 1. The lowest BCUT2D eigenvalue weighted by molar-refractivity contribution is -0.119. The van der Waals surface area contributed by atoms with E-state index in [1.54, 1.807) is 0 Å². The SMILES string of the molecule is NC(=O)NC(=O)CNCc1cccc(CO)c1. The van der Waals surface area contributed by atoms with Gasteiger partial charge in [0.05, 0.1) is 13.2 Å². The summed E-state index contributed by atoms with van der Waals surface area (Å²) in [5.74, 6) is -0.476. The van der Waals surface area contributed by atoms with Crippen LogP contribution in [0.2, 0.25) is 0 Å². The number of rotatable bonds is 5. The van der Waals surface area contributed by atoms with Crippen LogP contribution in [0.25, 0.3) is 0 Å². The Labute approximate surface area is 98.8 Å². The first-order chi connectivity index (χ1) is 8.11. The van der Waals surface area contributed by atoms with E-state index in [1.165, 1.54) is 0 Å². The molecule has 0 unspecified atom stereocenters. The van der Waals surface area contributed by atoms with E-state index in [9.17, 15) is 9.59 Å². The van der Waals surface area contributed by atoms with E-state index in [0.717, 1.165) is 11.1 Å². The van der Waals surface area contributed by atoms with Crippen molar-refractivity contribution < 1.29 is 14.7 Å². The fourth-order valence-electron chi connectivity index (χ4n) is 1.34. The Morgan fingerprint density at radius 1 is 1.29 bits per heavy atom. The molecule has 17 heavy (non-hydrogen) atoms. The summed E-state index contributed by atoms with van der Waals surface area (Å²) in [6.07, 6.45) is 0. The number of amides is 3. The van der Waals surface area contributed by atoms with E-state index in [4.69, 9.17) is 10.8 Å². The lowest BCUT2D eigenvalue weighted by Gasteiger charge is -2.05. The summed E-state index contributed by atoms with van der Waals surface area (Å²) in [5, 5.41) is 13.7. The van der Waals surface area contributed by atoms with Crippen LogP contribution in [0.5, 0.6) is 0 Å². The second-order valence-electron chi connectivity index (χ2n) is 3.49. The zero-order valence-corrected chi connectivity index (χ0v) is 9.27. The van der Waals surface area contributed by atoms with E-state index in [2.05, 4.69) is 5.32 Å². The molecule has 5 N–H and O–H groups in total. The van der Waals surface area contributed by atoms with Crippen molar-refractivity contribution in [2.24, 2.45) is 5.73 Å². The van der Waals surface area contributed by atoms with Crippen LogP contribution in [0, 0.1) is 0 Å². The first-order valence-corrected chi connectivity index (χ1v) is 5.10. The van der Waals surface area contributed by atoms with Gasteiger partial charge in [0.2, 0.25) is 5.91 Å². The maximum Gasteiger partial charge on any atom is 0.318 e. The highest BCUT2D eigenvalue weighted by molar-refractivity contribution is 5.94. The molecule has 92 valence electrons. The standard InChI is InChI=1S/C11H15N3O3/c12-11(17)14-10(16)6-13-5-8-2-1-3-9(4-8)7-15/h1-4,13,15H,5-7H2,(H3,12,14,16,17). The quantitative estimate of drug-likeness (QED) is 0.552. The van der Waals surface area contributed by atoms with Crippen LogP contribution in [-0.4, -0.2) is 23.6 Å². The number of benzene rings is 1. The zero-order valence-electron chi connectivity index (χ0n) is 9.27. The van der Waals surface area contributed by atoms with Gasteiger partial charge in [0.1, 0.15) is 0 Å². The topological polar surface area (TPSA) is 104 Å². The first-order valence-electron chi connectivity index (χ1n) is 5.10. The molecule has 0 spiro atoms. The Kier molecular flexibility index (Phi) is 5.12. The molecule has 0 aromatic heterocycles. The molecule has 1 aromatic rings. The van der Waals surface area contributed by atoms with Crippen LogP contribution in [0.4, 0.5) is 4.79 Å². The highest BCUT2D eigenvalue weighted by atomic mass is 16.3. The largest absolute Gasteiger partial charge is 0.392 e. The minimum Gasteiger partial charge on any atom is -0.392 e. The molecule has 0 aliphatic heterocycles. The predicted octanol–water partition coefficient (Wildman–Crippen LogP) is -0.537. The van der Waals surface area contributed by atoms with Crippen LogP contribution in [0.3, 0.4) is 0 Å². The van der Waals surface area contributed by atoms with Gasteiger partial charge < -0.3 is 16.2 Å². The van der Waals surface area contributed by atoms with E-state index < -0.39 is 11.9 Å². The maximum absolute atomic E-state index is 11.1. The average Bonchev–Trinajstić information content (AvgIpc) is 2.28. The van der Waals surface area contributed by atoms with Gasteiger partial charge >= 0.3 is 6.03 Å². The van der Waals surface area contributed by atoms with Crippen molar-refractivity contribution in [2.45, 2.75) is 13.2 Å². The molecule has 0 fully saturated rings. The van der Waals surface area contributed by atoms with Crippen molar-refractivity contribution in [2.75, 3.05) is 6.54 Å². The first kappa shape index (κ1) is 13.1. The molecule has 1 aromatic carbocycles. The third-order valence-corrected chi connectivity index (χ3v) is 2.05. The van der Waals surface area contributed by atoms with Gasteiger partial charge in [-0.15, -0.1) is 0 Å². The summed E-state index contributed by atoms with van der Waals surface area (Å²) in [4.78, 5) is 21.4. The number of nitrogens with one attached hydrogen (secondary N) is 2. The summed E-state index contributed by atoms with van der Waals surface area (Å²) in [5.41, 5.74) is 6.55. The van der Waals surface area contributed by atoms with Gasteiger partial charge in [0.25, 0.3) is 0 Å². The van der Waals surface area contributed by atoms with Gasteiger partial charge in [-0.1, -0.05) is 24.3 Å². The normalized spacial score (nSPS) is 9.94.